The van der Waals surface area contributed by atoms with Crippen LogP contribution in [0, 0.1) is 20.8 Å². The molecule has 1 unspecified atom stereocenters. The fourth-order valence-electron chi connectivity index (χ4n) is 2.25. The maximum atomic E-state index is 5.67. The number of thioether (sulfide) groups is 1. The summed E-state index contributed by atoms with van der Waals surface area (Å²) in [5, 5.41) is 0.654. The third kappa shape index (κ3) is 4.63. The molecule has 0 radical (unpaired) electrons. The number of nitrogens with two attached hydrogens (primary N) is 1. The summed E-state index contributed by atoms with van der Waals surface area (Å²) in [6.07, 6.45) is 1.01. The Hall–Kier alpha value is -0.510. The second kappa shape index (κ2) is 7.17. The number of benzene rings is 1. The van der Waals surface area contributed by atoms with Crippen molar-refractivity contribution in [1.82, 2.24) is 5.43 Å². The van der Waals surface area contributed by atoms with Crippen molar-refractivity contribution in [3.8, 4) is 0 Å². The van der Waals surface area contributed by atoms with Gasteiger partial charge >= 0.3 is 0 Å². The van der Waals surface area contributed by atoms with Gasteiger partial charge in [0.2, 0.25) is 0 Å². The van der Waals surface area contributed by atoms with Gasteiger partial charge in [0.05, 0.1) is 0 Å². The van der Waals surface area contributed by atoms with Crippen molar-refractivity contribution in [2.45, 2.75) is 52.3 Å². The van der Waals surface area contributed by atoms with Crippen molar-refractivity contribution in [3.63, 3.8) is 0 Å². The third-order valence-electron chi connectivity index (χ3n) is 3.16. The molecule has 3 heteroatoms. The van der Waals surface area contributed by atoms with Crippen molar-refractivity contribution in [2.24, 2.45) is 5.84 Å². The van der Waals surface area contributed by atoms with E-state index in [9.17, 15) is 0 Å². The van der Waals surface area contributed by atoms with Crippen LogP contribution in [0.2, 0.25) is 0 Å². The number of hydrogen-bond acceptors (Lipinski definition) is 3. The fourth-order valence-corrected chi connectivity index (χ4v) is 3.08. The summed E-state index contributed by atoms with van der Waals surface area (Å²) in [4.78, 5) is 0. The lowest BCUT2D eigenvalue weighted by molar-refractivity contribution is 0.572. The first kappa shape index (κ1) is 15.5. The van der Waals surface area contributed by atoms with Crippen LogP contribution >= 0.6 is 11.8 Å². The van der Waals surface area contributed by atoms with Gasteiger partial charge in [0, 0.05) is 11.8 Å². The highest BCUT2D eigenvalue weighted by Crippen LogP contribution is 2.20. The Morgan fingerprint density at radius 3 is 2.17 bits per heavy atom. The zero-order valence-electron chi connectivity index (χ0n) is 12.2. The molecule has 0 aliphatic rings. The quantitative estimate of drug-likeness (QED) is 0.614. The molecule has 2 nitrogen and oxygen atoms in total. The minimum Gasteiger partial charge on any atom is -0.271 e. The summed E-state index contributed by atoms with van der Waals surface area (Å²) in [6, 6.07) is 4.86. The van der Waals surface area contributed by atoms with Crippen molar-refractivity contribution >= 4 is 11.8 Å². The highest BCUT2D eigenvalue weighted by Gasteiger charge is 2.12. The lowest BCUT2D eigenvalue weighted by Crippen LogP contribution is -2.39. The smallest absolute Gasteiger partial charge is 0.0341 e. The summed E-state index contributed by atoms with van der Waals surface area (Å²) in [7, 11) is 0. The summed E-state index contributed by atoms with van der Waals surface area (Å²) in [5.74, 6) is 6.73. The van der Waals surface area contributed by atoms with Crippen LogP contribution in [0.5, 0.6) is 0 Å². The topological polar surface area (TPSA) is 38.0 Å². The second-order valence-electron chi connectivity index (χ2n) is 5.33. The molecule has 1 rings (SSSR count). The van der Waals surface area contributed by atoms with Crippen molar-refractivity contribution < 1.29 is 0 Å². The van der Waals surface area contributed by atoms with Gasteiger partial charge in [0.25, 0.3) is 0 Å². The minimum absolute atomic E-state index is 0.345. The average molecular weight is 266 g/mol. The SMILES string of the molecule is Cc1cc(C)c(CC(CSC(C)C)NN)c(C)c1. The molecule has 18 heavy (non-hydrogen) atoms. The van der Waals surface area contributed by atoms with Gasteiger partial charge in [-0.15, -0.1) is 0 Å². The molecule has 1 aromatic rings. The van der Waals surface area contributed by atoms with Crippen LogP contribution in [0.1, 0.15) is 36.1 Å². The summed E-state index contributed by atoms with van der Waals surface area (Å²) in [5.41, 5.74) is 8.48. The zero-order valence-corrected chi connectivity index (χ0v) is 13.0. The van der Waals surface area contributed by atoms with E-state index in [1.807, 2.05) is 11.8 Å². The van der Waals surface area contributed by atoms with E-state index in [1.165, 1.54) is 22.3 Å². The Morgan fingerprint density at radius 2 is 1.72 bits per heavy atom. The van der Waals surface area contributed by atoms with Gasteiger partial charge in [-0.25, -0.2) is 0 Å². The summed E-state index contributed by atoms with van der Waals surface area (Å²) < 4.78 is 0. The molecule has 0 saturated heterocycles. The van der Waals surface area contributed by atoms with E-state index in [4.69, 9.17) is 5.84 Å². The van der Waals surface area contributed by atoms with E-state index in [2.05, 4.69) is 52.2 Å². The van der Waals surface area contributed by atoms with Crippen LogP contribution in [-0.4, -0.2) is 17.0 Å². The molecule has 0 aliphatic heterocycles. The molecule has 1 atom stereocenters. The van der Waals surface area contributed by atoms with E-state index in [0.717, 1.165) is 12.2 Å². The molecule has 0 aromatic heterocycles. The van der Waals surface area contributed by atoms with Crippen LogP contribution < -0.4 is 11.3 Å². The predicted molar refractivity (Wildman–Crippen MR) is 83.1 cm³/mol. The molecule has 0 aliphatic carbocycles. The van der Waals surface area contributed by atoms with Gasteiger partial charge < -0.3 is 0 Å². The number of nitrogens with one attached hydrogen (secondary N) is 1. The molecular formula is C15H26N2S. The largest absolute Gasteiger partial charge is 0.271 e. The second-order valence-corrected chi connectivity index (χ2v) is 6.94. The fraction of sp³-hybridized carbons (Fsp3) is 0.600. The van der Waals surface area contributed by atoms with E-state index in [-0.39, 0.29) is 0 Å². The van der Waals surface area contributed by atoms with E-state index >= 15 is 0 Å². The highest BCUT2D eigenvalue weighted by atomic mass is 32.2. The molecule has 0 heterocycles. The standard InChI is InChI=1S/C15H26N2S/c1-10(2)18-9-14(17-16)8-15-12(4)6-11(3)7-13(15)5/h6-7,10,14,17H,8-9,16H2,1-5H3. The van der Waals surface area contributed by atoms with Crippen LogP contribution in [0.3, 0.4) is 0 Å². The molecule has 0 spiro atoms. The Morgan fingerprint density at radius 1 is 1.17 bits per heavy atom. The number of aryl methyl sites for hydroxylation is 3. The maximum Gasteiger partial charge on any atom is 0.0341 e. The van der Waals surface area contributed by atoms with Gasteiger partial charge in [0.15, 0.2) is 0 Å². The van der Waals surface area contributed by atoms with Gasteiger partial charge in [-0.1, -0.05) is 31.5 Å². The normalized spacial score (nSPS) is 13.1. The lowest BCUT2D eigenvalue weighted by Gasteiger charge is -2.20. The van der Waals surface area contributed by atoms with Crippen molar-refractivity contribution in [2.75, 3.05) is 5.75 Å². The first-order valence-corrected chi connectivity index (χ1v) is 7.63. The number of rotatable bonds is 6. The van der Waals surface area contributed by atoms with E-state index in [0.29, 0.717) is 11.3 Å². The molecule has 1 aromatic carbocycles. The first-order valence-electron chi connectivity index (χ1n) is 6.58. The Bertz CT molecular complexity index is 365. The van der Waals surface area contributed by atoms with Gasteiger partial charge in [-0.3, -0.25) is 11.3 Å². The molecule has 3 N–H and O–H groups in total. The average Bonchev–Trinajstić information content (AvgIpc) is 2.26. The maximum absolute atomic E-state index is 5.67. The third-order valence-corrected chi connectivity index (χ3v) is 4.42. The molecule has 0 bridgehead atoms. The van der Waals surface area contributed by atoms with Crippen molar-refractivity contribution in [3.05, 3.63) is 34.4 Å². The molecule has 0 amide bonds. The lowest BCUT2D eigenvalue weighted by atomic mass is 9.95. The van der Waals surface area contributed by atoms with Crippen LogP contribution in [0.25, 0.3) is 0 Å². The first-order chi connectivity index (χ1) is 8.43. The predicted octanol–water partition coefficient (Wildman–Crippen LogP) is 3.13. The van der Waals surface area contributed by atoms with Crippen molar-refractivity contribution in [1.29, 1.82) is 0 Å². The molecule has 0 fully saturated rings. The Balaban J connectivity index is 2.75. The monoisotopic (exact) mass is 266 g/mol. The summed E-state index contributed by atoms with van der Waals surface area (Å²) in [6.45, 7) is 11.0. The Kier molecular flexibility index (Phi) is 6.19. The van der Waals surface area contributed by atoms with Gasteiger partial charge in [-0.05, 0) is 49.1 Å². The number of hydrogen-bond donors (Lipinski definition) is 2. The Labute approximate surface area is 116 Å². The van der Waals surface area contributed by atoms with E-state index in [1.54, 1.807) is 0 Å². The zero-order chi connectivity index (χ0) is 13.7. The highest BCUT2D eigenvalue weighted by molar-refractivity contribution is 7.99. The molecular weight excluding hydrogens is 240 g/mol. The molecule has 0 saturated carbocycles. The van der Waals surface area contributed by atoms with Gasteiger partial charge in [0.1, 0.15) is 0 Å². The summed E-state index contributed by atoms with van der Waals surface area (Å²) >= 11 is 1.96. The van der Waals surface area contributed by atoms with Crippen LogP contribution in [0.15, 0.2) is 12.1 Å². The minimum atomic E-state index is 0.345. The number of hydrazine groups is 1. The molecule has 102 valence electrons. The van der Waals surface area contributed by atoms with E-state index < -0.39 is 0 Å². The van der Waals surface area contributed by atoms with Crippen LogP contribution in [-0.2, 0) is 6.42 Å². The van der Waals surface area contributed by atoms with Gasteiger partial charge in [-0.2, -0.15) is 11.8 Å². The van der Waals surface area contributed by atoms with Crippen LogP contribution in [0.4, 0.5) is 0 Å².